The Balaban J connectivity index is 1.94. The van der Waals surface area contributed by atoms with Crippen LogP contribution in [0.5, 0.6) is 0 Å². The summed E-state index contributed by atoms with van der Waals surface area (Å²) in [6.45, 7) is 4.86. The first-order valence-corrected chi connectivity index (χ1v) is 9.41. The number of imidazole rings is 1. The average Bonchev–Trinajstić information content (AvgIpc) is 3.37. The van der Waals surface area contributed by atoms with Crippen LogP contribution in [0.1, 0.15) is 12.6 Å². The molecule has 3 aromatic rings. The average molecular weight is 397 g/mol. The molecule has 1 aliphatic heterocycles. The van der Waals surface area contributed by atoms with Gasteiger partial charge in [0, 0.05) is 51.2 Å². The molecular weight excluding hydrogens is 373 g/mol. The summed E-state index contributed by atoms with van der Waals surface area (Å²) < 4.78 is 16.3. The fourth-order valence-corrected chi connectivity index (χ4v) is 3.78. The lowest BCUT2D eigenvalue weighted by Crippen LogP contribution is -2.51. The molecule has 29 heavy (non-hydrogen) atoms. The Labute approximate surface area is 167 Å². The molecule has 1 atom stereocenters. The fourth-order valence-electron chi connectivity index (χ4n) is 3.78. The number of piperazine rings is 1. The third kappa shape index (κ3) is 3.35. The first-order valence-electron chi connectivity index (χ1n) is 9.41. The Morgan fingerprint density at radius 1 is 1.41 bits per heavy atom. The van der Waals surface area contributed by atoms with Gasteiger partial charge in [0.05, 0.1) is 11.4 Å². The lowest BCUT2D eigenvalue weighted by molar-refractivity contribution is 0.274. The van der Waals surface area contributed by atoms with Crippen molar-refractivity contribution in [3.05, 3.63) is 42.4 Å². The first-order chi connectivity index (χ1) is 14.0. The molecule has 0 unspecified atom stereocenters. The van der Waals surface area contributed by atoms with Gasteiger partial charge in [-0.15, -0.1) is 0 Å². The molecule has 0 amide bonds. The Hall–Kier alpha value is -3.27. The maximum absolute atomic E-state index is 14.4. The molecule has 0 aromatic carbocycles. The molecule has 0 aliphatic carbocycles. The predicted octanol–water partition coefficient (Wildman–Crippen LogP) is 1.45. The summed E-state index contributed by atoms with van der Waals surface area (Å²) in [6, 6.07) is 3.94. The topological polar surface area (TPSA) is 104 Å². The van der Waals surface area contributed by atoms with Crippen LogP contribution in [-0.4, -0.2) is 74.9 Å². The zero-order valence-electron chi connectivity index (χ0n) is 16.7. The second-order valence-electron chi connectivity index (χ2n) is 7.15. The molecule has 0 bridgehead atoms. The van der Waals surface area contributed by atoms with E-state index in [2.05, 4.69) is 48.9 Å². The van der Waals surface area contributed by atoms with Crippen molar-refractivity contribution in [1.29, 1.82) is 0 Å². The van der Waals surface area contributed by atoms with Gasteiger partial charge in [0.2, 0.25) is 0 Å². The van der Waals surface area contributed by atoms with E-state index in [1.807, 2.05) is 16.5 Å². The number of allylic oxidation sites excluding steroid dienone is 1. The molecule has 4 rings (SSSR count). The van der Waals surface area contributed by atoms with Crippen LogP contribution in [0.4, 0.5) is 10.2 Å². The standard InChI is InChI=1S/C19H24FN9/c1-12-10-27(3)6-7-28(12)16-8-15(17(22-2)13(20)9-21)25-19-18(23-11-29(16)19)14-4-5-24-26-14/h4-5,8-9,11-12H,6-7,10,21H2,1-3H3,(H,24,26)/t12-/m1/s1. The first kappa shape index (κ1) is 19.1. The van der Waals surface area contributed by atoms with E-state index in [0.717, 1.165) is 37.3 Å². The second kappa shape index (κ2) is 7.63. The van der Waals surface area contributed by atoms with E-state index in [1.54, 1.807) is 12.5 Å². The maximum Gasteiger partial charge on any atom is 0.168 e. The summed E-state index contributed by atoms with van der Waals surface area (Å²) in [7, 11) is 3.63. The molecule has 0 radical (unpaired) electrons. The van der Waals surface area contributed by atoms with E-state index in [4.69, 9.17) is 5.73 Å². The number of nitrogens with two attached hydrogens (primary N) is 1. The second-order valence-corrected chi connectivity index (χ2v) is 7.15. The number of nitrogens with one attached hydrogen (secondary N) is 1. The molecule has 9 nitrogen and oxygen atoms in total. The Bertz CT molecular complexity index is 1070. The van der Waals surface area contributed by atoms with Gasteiger partial charge in [0.25, 0.3) is 0 Å². The number of nitrogens with zero attached hydrogens (tertiary/aromatic N) is 7. The van der Waals surface area contributed by atoms with E-state index in [1.165, 1.54) is 7.05 Å². The van der Waals surface area contributed by atoms with Gasteiger partial charge >= 0.3 is 0 Å². The molecule has 1 aliphatic rings. The van der Waals surface area contributed by atoms with Crippen molar-refractivity contribution in [1.82, 2.24) is 29.5 Å². The Morgan fingerprint density at radius 3 is 2.90 bits per heavy atom. The maximum atomic E-state index is 14.4. The molecule has 152 valence electrons. The summed E-state index contributed by atoms with van der Waals surface area (Å²) in [6.07, 6.45) is 4.29. The third-order valence-corrected chi connectivity index (χ3v) is 5.20. The van der Waals surface area contributed by atoms with Crippen LogP contribution in [0.15, 0.2) is 41.7 Å². The van der Waals surface area contributed by atoms with Gasteiger partial charge in [-0.05, 0) is 20.0 Å². The van der Waals surface area contributed by atoms with Crippen LogP contribution in [0.3, 0.4) is 0 Å². The highest BCUT2D eigenvalue weighted by Gasteiger charge is 2.26. The zero-order chi connectivity index (χ0) is 20.5. The highest BCUT2D eigenvalue weighted by atomic mass is 19.1. The van der Waals surface area contributed by atoms with Gasteiger partial charge < -0.3 is 15.5 Å². The van der Waals surface area contributed by atoms with Crippen molar-refractivity contribution in [2.75, 3.05) is 38.6 Å². The molecule has 0 saturated carbocycles. The van der Waals surface area contributed by atoms with Crippen LogP contribution in [0.25, 0.3) is 17.0 Å². The van der Waals surface area contributed by atoms with E-state index in [9.17, 15) is 4.39 Å². The number of hydrogen-bond donors (Lipinski definition) is 2. The predicted molar refractivity (Wildman–Crippen MR) is 111 cm³/mol. The number of halogens is 1. The van der Waals surface area contributed by atoms with Crippen molar-refractivity contribution in [3.63, 3.8) is 0 Å². The van der Waals surface area contributed by atoms with Crippen molar-refractivity contribution in [2.24, 2.45) is 10.7 Å². The Kier molecular flexibility index (Phi) is 5.01. The summed E-state index contributed by atoms with van der Waals surface area (Å²) in [5.74, 6) is 0.263. The Morgan fingerprint density at radius 2 is 2.24 bits per heavy atom. The lowest BCUT2D eigenvalue weighted by Gasteiger charge is -2.39. The number of aromatic nitrogens is 5. The van der Waals surface area contributed by atoms with Gasteiger partial charge in [-0.1, -0.05) is 0 Å². The largest absolute Gasteiger partial charge is 0.402 e. The van der Waals surface area contributed by atoms with E-state index in [0.29, 0.717) is 17.0 Å². The minimum Gasteiger partial charge on any atom is -0.402 e. The normalized spacial score (nSPS) is 19.3. The zero-order valence-corrected chi connectivity index (χ0v) is 16.7. The number of likely N-dealkylation sites (N-methyl/N-ethyl adjacent to an activating group) is 1. The SMILES string of the molecule is CN=C(C(F)=CN)c1cc(N2CCN(C)C[C@H]2C)n2cnc(-c3ccn[nH]3)c2n1. The molecular formula is C19H24FN9. The summed E-state index contributed by atoms with van der Waals surface area (Å²) in [5, 5.41) is 6.93. The summed E-state index contributed by atoms with van der Waals surface area (Å²) in [5.41, 5.74) is 7.89. The van der Waals surface area contributed by atoms with Crippen LogP contribution in [0.2, 0.25) is 0 Å². The van der Waals surface area contributed by atoms with Gasteiger partial charge in [-0.3, -0.25) is 14.5 Å². The summed E-state index contributed by atoms with van der Waals surface area (Å²) >= 11 is 0. The smallest absolute Gasteiger partial charge is 0.168 e. The number of fused-ring (bicyclic) bond motifs is 1. The monoisotopic (exact) mass is 397 g/mol. The lowest BCUT2D eigenvalue weighted by atomic mass is 10.1. The van der Waals surface area contributed by atoms with E-state index in [-0.39, 0.29) is 11.8 Å². The third-order valence-electron chi connectivity index (χ3n) is 5.20. The molecule has 3 aromatic heterocycles. The number of anilines is 1. The number of aromatic amines is 1. The molecule has 10 heteroatoms. The van der Waals surface area contributed by atoms with Gasteiger partial charge in [0.15, 0.2) is 11.5 Å². The van der Waals surface area contributed by atoms with Crippen LogP contribution in [0, 0.1) is 0 Å². The highest BCUT2D eigenvalue weighted by molar-refractivity contribution is 6.10. The van der Waals surface area contributed by atoms with E-state index >= 15 is 0 Å². The highest BCUT2D eigenvalue weighted by Crippen LogP contribution is 2.28. The summed E-state index contributed by atoms with van der Waals surface area (Å²) in [4.78, 5) is 17.9. The number of hydrogen-bond acceptors (Lipinski definition) is 7. The van der Waals surface area contributed by atoms with Gasteiger partial charge in [0.1, 0.15) is 23.6 Å². The van der Waals surface area contributed by atoms with Crippen LogP contribution >= 0.6 is 0 Å². The quantitative estimate of drug-likeness (QED) is 0.646. The molecule has 1 fully saturated rings. The van der Waals surface area contributed by atoms with Gasteiger partial charge in [-0.25, -0.2) is 14.4 Å². The number of H-pyrrole nitrogens is 1. The molecule has 3 N–H and O–H groups in total. The molecule has 0 spiro atoms. The van der Waals surface area contributed by atoms with E-state index < -0.39 is 5.83 Å². The van der Waals surface area contributed by atoms with Crippen LogP contribution in [-0.2, 0) is 0 Å². The van der Waals surface area contributed by atoms with Crippen LogP contribution < -0.4 is 10.6 Å². The molecule has 4 heterocycles. The number of aliphatic imine (C=N–C) groups is 1. The molecule has 1 saturated heterocycles. The van der Waals surface area contributed by atoms with Crippen molar-refractivity contribution in [2.45, 2.75) is 13.0 Å². The minimum absolute atomic E-state index is 0.106. The fraction of sp³-hybridized carbons (Fsp3) is 0.368. The minimum atomic E-state index is -0.621. The van der Waals surface area contributed by atoms with Crippen molar-refractivity contribution in [3.8, 4) is 11.4 Å². The van der Waals surface area contributed by atoms with Gasteiger partial charge in [-0.2, -0.15) is 5.10 Å². The number of rotatable bonds is 4. The van der Waals surface area contributed by atoms with Crippen molar-refractivity contribution >= 4 is 17.2 Å². The van der Waals surface area contributed by atoms with Crippen molar-refractivity contribution < 1.29 is 4.39 Å².